The molecular weight excluding hydrogens is 428 g/mol. The first-order valence-electron chi connectivity index (χ1n) is 9.68. The Labute approximate surface area is 188 Å². The van der Waals surface area contributed by atoms with Crippen molar-refractivity contribution in [2.24, 2.45) is 10.7 Å². The SMILES string of the molecule is COC(=O)c1cccc(N=C2SC(=Cc3cn(CC(N)=O)c4ccccc34)C(=O)N2C)c1. The van der Waals surface area contributed by atoms with Crippen LogP contribution in [0.5, 0.6) is 0 Å². The number of methoxy groups -OCH3 is 1. The first-order valence-corrected chi connectivity index (χ1v) is 10.5. The van der Waals surface area contributed by atoms with Crippen LogP contribution in [-0.4, -0.2) is 46.6 Å². The van der Waals surface area contributed by atoms with E-state index in [-0.39, 0.29) is 12.5 Å². The summed E-state index contributed by atoms with van der Waals surface area (Å²) in [6.45, 7) is 0.0495. The molecule has 2 heterocycles. The quantitative estimate of drug-likeness (QED) is 0.477. The molecule has 0 aliphatic carbocycles. The molecule has 0 atom stereocenters. The first kappa shape index (κ1) is 21.4. The fraction of sp³-hybridized carbons (Fsp3) is 0.130. The third-order valence-corrected chi connectivity index (χ3v) is 5.99. The maximum atomic E-state index is 12.9. The summed E-state index contributed by atoms with van der Waals surface area (Å²) < 4.78 is 6.52. The van der Waals surface area contributed by atoms with Gasteiger partial charge in [0.15, 0.2) is 5.17 Å². The Morgan fingerprint density at radius 1 is 1.19 bits per heavy atom. The summed E-state index contributed by atoms with van der Waals surface area (Å²) in [6, 6.07) is 14.3. The number of hydrogen-bond donors (Lipinski definition) is 1. The Morgan fingerprint density at radius 3 is 2.72 bits per heavy atom. The highest BCUT2D eigenvalue weighted by Gasteiger charge is 2.30. The van der Waals surface area contributed by atoms with Crippen LogP contribution in [-0.2, 0) is 20.9 Å². The maximum absolute atomic E-state index is 12.9. The van der Waals surface area contributed by atoms with Gasteiger partial charge in [-0.3, -0.25) is 14.5 Å². The summed E-state index contributed by atoms with van der Waals surface area (Å²) in [6.07, 6.45) is 3.60. The molecule has 1 saturated heterocycles. The number of likely N-dealkylation sites (N-methyl/N-ethyl adjacent to an activating group) is 1. The van der Waals surface area contributed by atoms with E-state index in [0.717, 1.165) is 16.5 Å². The molecule has 1 aliphatic heterocycles. The number of aromatic nitrogens is 1. The van der Waals surface area contributed by atoms with Crippen molar-refractivity contribution in [1.82, 2.24) is 9.47 Å². The lowest BCUT2D eigenvalue weighted by Gasteiger charge is -2.07. The molecule has 9 heteroatoms. The Balaban J connectivity index is 1.69. The van der Waals surface area contributed by atoms with Crippen LogP contribution in [0, 0.1) is 0 Å². The average molecular weight is 449 g/mol. The second-order valence-electron chi connectivity index (χ2n) is 7.11. The first-order chi connectivity index (χ1) is 15.4. The van der Waals surface area contributed by atoms with E-state index in [2.05, 4.69) is 4.99 Å². The van der Waals surface area contributed by atoms with Gasteiger partial charge in [0.05, 0.1) is 23.3 Å². The highest BCUT2D eigenvalue weighted by Crippen LogP contribution is 2.35. The summed E-state index contributed by atoms with van der Waals surface area (Å²) in [7, 11) is 2.97. The van der Waals surface area contributed by atoms with Crippen LogP contribution in [0.2, 0.25) is 0 Å². The molecular formula is C23H20N4O4S. The van der Waals surface area contributed by atoms with E-state index in [1.807, 2.05) is 30.5 Å². The van der Waals surface area contributed by atoms with Crippen LogP contribution in [0.3, 0.4) is 0 Å². The normalized spacial score (nSPS) is 16.3. The molecule has 2 aromatic carbocycles. The minimum absolute atomic E-state index is 0.0495. The predicted molar refractivity (Wildman–Crippen MR) is 124 cm³/mol. The molecule has 0 saturated carbocycles. The minimum atomic E-state index is -0.455. The van der Waals surface area contributed by atoms with Gasteiger partial charge in [-0.1, -0.05) is 24.3 Å². The zero-order chi connectivity index (χ0) is 22.8. The Morgan fingerprint density at radius 2 is 1.97 bits per heavy atom. The Kier molecular flexibility index (Phi) is 5.83. The number of rotatable bonds is 5. The van der Waals surface area contributed by atoms with Gasteiger partial charge in [-0.2, -0.15) is 0 Å². The van der Waals surface area contributed by atoms with Crippen LogP contribution < -0.4 is 5.73 Å². The molecule has 1 fully saturated rings. The summed E-state index contributed by atoms with van der Waals surface area (Å²) in [5.74, 6) is -1.09. The molecule has 0 spiro atoms. The van der Waals surface area contributed by atoms with Gasteiger partial charge in [-0.25, -0.2) is 9.79 Å². The molecule has 2 N–H and O–H groups in total. The van der Waals surface area contributed by atoms with Gasteiger partial charge in [-0.05, 0) is 42.1 Å². The number of amides is 2. The van der Waals surface area contributed by atoms with Crippen molar-refractivity contribution >= 4 is 57.4 Å². The molecule has 4 rings (SSSR count). The summed E-state index contributed by atoms with van der Waals surface area (Å²) in [5.41, 5.74) is 7.95. The van der Waals surface area contributed by atoms with Crippen LogP contribution in [0.15, 0.2) is 64.6 Å². The van der Waals surface area contributed by atoms with Crippen molar-refractivity contribution in [3.8, 4) is 0 Å². The van der Waals surface area contributed by atoms with Gasteiger partial charge < -0.3 is 15.0 Å². The van der Waals surface area contributed by atoms with E-state index in [4.69, 9.17) is 10.5 Å². The summed E-state index contributed by atoms with van der Waals surface area (Å²) in [4.78, 5) is 42.6. The molecule has 1 aromatic heterocycles. The highest BCUT2D eigenvalue weighted by atomic mass is 32.2. The number of primary amides is 1. The topological polar surface area (TPSA) is 107 Å². The smallest absolute Gasteiger partial charge is 0.337 e. The number of fused-ring (bicyclic) bond motifs is 1. The number of amidine groups is 1. The zero-order valence-electron chi connectivity index (χ0n) is 17.4. The van der Waals surface area contributed by atoms with Crippen molar-refractivity contribution in [2.45, 2.75) is 6.54 Å². The molecule has 2 amide bonds. The number of para-hydroxylation sites is 1. The third-order valence-electron chi connectivity index (χ3n) is 4.93. The van der Waals surface area contributed by atoms with E-state index in [9.17, 15) is 14.4 Å². The number of thioether (sulfide) groups is 1. The Bertz CT molecular complexity index is 1310. The van der Waals surface area contributed by atoms with Crippen molar-refractivity contribution < 1.29 is 19.1 Å². The second kappa shape index (κ2) is 8.72. The molecule has 0 bridgehead atoms. The standard InChI is InChI=1S/C23H20N4O4S/c1-26-21(29)19(32-23(26)25-16-7-5-6-14(10-16)22(30)31-2)11-15-12-27(13-20(24)28)18-9-4-3-8-17(15)18/h3-12H,13H2,1-2H3,(H2,24,28). The van der Waals surface area contributed by atoms with Crippen molar-refractivity contribution in [3.05, 3.63) is 70.8 Å². The number of hydrogen-bond acceptors (Lipinski definition) is 6. The lowest BCUT2D eigenvalue weighted by molar-refractivity contribution is -0.121. The highest BCUT2D eigenvalue weighted by molar-refractivity contribution is 8.18. The fourth-order valence-electron chi connectivity index (χ4n) is 3.41. The monoisotopic (exact) mass is 448 g/mol. The maximum Gasteiger partial charge on any atom is 0.337 e. The van der Waals surface area contributed by atoms with Gasteiger partial charge in [0.25, 0.3) is 5.91 Å². The molecule has 8 nitrogen and oxygen atoms in total. The van der Waals surface area contributed by atoms with Crippen molar-refractivity contribution in [2.75, 3.05) is 14.2 Å². The van der Waals surface area contributed by atoms with Gasteiger partial charge in [0.1, 0.15) is 6.54 Å². The van der Waals surface area contributed by atoms with E-state index >= 15 is 0 Å². The van der Waals surface area contributed by atoms with Crippen molar-refractivity contribution in [3.63, 3.8) is 0 Å². The van der Waals surface area contributed by atoms with Crippen LogP contribution >= 0.6 is 11.8 Å². The number of carbonyl (C=O) groups is 3. The zero-order valence-corrected chi connectivity index (χ0v) is 18.3. The van der Waals surface area contributed by atoms with Crippen LogP contribution in [0.4, 0.5) is 5.69 Å². The number of nitrogens with zero attached hydrogens (tertiary/aromatic N) is 3. The number of aliphatic imine (C=N–C) groups is 1. The number of benzene rings is 2. The third kappa shape index (κ3) is 4.15. The molecule has 0 unspecified atom stereocenters. The van der Waals surface area contributed by atoms with Gasteiger partial charge >= 0.3 is 5.97 Å². The van der Waals surface area contributed by atoms with Gasteiger partial charge in [0, 0.05) is 29.7 Å². The predicted octanol–water partition coefficient (Wildman–Crippen LogP) is 3.15. The summed E-state index contributed by atoms with van der Waals surface area (Å²) >= 11 is 1.24. The molecule has 3 aromatic rings. The number of carbonyl (C=O) groups excluding carboxylic acids is 3. The average Bonchev–Trinajstić information content (AvgIpc) is 3.25. The van der Waals surface area contributed by atoms with E-state index in [1.165, 1.54) is 23.8 Å². The van der Waals surface area contributed by atoms with E-state index in [1.54, 1.807) is 42.0 Å². The van der Waals surface area contributed by atoms with Crippen LogP contribution in [0.25, 0.3) is 17.0 Å². The largest absolute Gasteiger partial charge is 0.465 e. The summed E-state index contributed by atoms with van der Waals surface area (Å²) in [5, 5.41) is 1.40. The van der Waals surface area contributed by atoms with Crippen LogP contribution in [0.1, 0.15) is 15.9 Å². The van der Waals surface area contributed by atoms with Crippen molar-refractivity contribution in [1.29, 1.82) is 0 Å². The fourth-order valence-corrected chi connectivity index (χ4v) is 4.39. The minimum Gasteiger partial charge on any atom is -0.465 e. The molecule has 162 valence electrons. The molecule has 32 heavy (non-hydrogen) atoms. The lowest BCUT2D eigenvalue weighted by atomic mass is 10.1. The number of nitrogens with two attached hydrogens (primary N) is 1. The second-order valence-corrected chi connectivity index (χ2v) is 8.12. The van der Waals surface area contributed by atoms with E-state index in [0.29, 0.717) is 21.3 Å². The van der Waals surface area contributed by atoms with Gasteiger partial charge in [0.2, 0.25) is 5.91 Å². The molecule has 1 aliphatic rings. The van der Waals surface area contributed by atoms with Gasteiger partial charge in [-0.15, -0.1) is 0 Å². The Hall–Kier alpha value is -3.85. The number of esters is 1. The molecule has 0 radical (unpaired) electrons. The lowest BCUT2D eigenvalue weighted by Crippen LogP contribution is -2.23. The number of ether oxygens (including phenoxy) is 1. The van der Waals surface area contributed by atoms with E-state index < -0.39 is 11.9 Å².